The first-order chi connectivity index (χ1) is 8.24. The van der Waals surface area contributed by atoms with E-state index in [9.17, 15) is 13.2 Å². The average Bonchev–Trinajstić information content (AvgIpc) is 2.35. The molecule has 0 saturated carbocycles. The molecule has 1 fully saturated rings. The molecule has 110 valence electrons. The fourth-order valence-electron chi connectivity index (χ4n) is 2.18. The quantitative estimate of drug-likeness (QED) is 0.922. The Kier molecular flexibility index (Phi) is 8.41. The number of hydrogen-bond donors (Lipinski definition) is 1. The van der Waals surface area contributed by atoms with Crippen LogP contribution < -0.4 is 5.32 Å². The Labute approximate surface area is 123 Å². The molecule has 1 saturated heterocycles. The van der Waals surface area contributed by atoms with Crippen molar-refractivity contribution in [1.29, 1.82) is 0 Å². The summed E-state index contributed by atoms with van der Waals surface area (Å²) in [6.07, 6.45) is 0. The van der Waals surface area contributed by atoms with Crippen molar-refractivity contribution in [2.75, 3.05) is 32.9 Å². The highest BCUT2D eigenvalue weighted by Crippen LogP contribution is 2.26. The smallest absolute Gasteiger partial charge is 0.131 e. The van der Waals surface area contributed by atoms with Gasteiger partial charge < -0.3 is 5.32 Å². The lowest BCUT2D eigenvalue weighted by atomic mass is 10.0. The highest BCUT2D eigenvalue weighted by molar-refractivity contribution is 5.85. The predicted molar refractivity (Wildman–Crippen MR) is 74.0 cm³/mol. The molecule has 1 aliphatic heterocycles. The standard InChI is InChI=1S/C12H15F3N2.2ClH/c13-8-11(17-6-4-16-5-7-17)12-9(14)2-1-3-10(12)15;;/h1-3,11,16H,4-8H2;2*1H/t11-;;/m1../s1. The molecule has 1 atom stereocenters. The molecule has 1 aliphatic rings. The van der Waals surface area contributed by atoms with Crippen molar-refractivity contribution in [2.45, 2.75) is 6.04 Å². The maximum atomic E-state index is 13.6. The molecule has 0 aliphatic carbocycles. The van der Waals surface area contributed by atoms with E-state index in [1.54, 1.807) is 4.90 Å². The molecule has 1 aromatic carbocycles. The third-order valence-electron chi connectivity index (χ3n) is 3.07. The van der Waals surface area contributed by atoms with E-state index in [-0.39, 0.29) is 30.4 Å². The van der Waals surface area contributed by atoms with Crippen molar-refractivity contribution in [1.82, 2.24) is 10.2 Å². The zero-order chi connectivity index (χ0) is 12.3. The maximum absolute atomic E-state index is 13.6. The van der Waals surface area contributed by atoms with Crippen molar-refractivity contribution >= 4 is 24.8 Å². The predicted octanol–water partition coefficient (Wildman–Crippen LogP) is 2.72. The zero-order valence-electron chi connectivity index (χ0n) is 10.2. The summed E-state index contributed by atoms with van der Waals surface area (Å²) >= 11 is 0. The van der Waals surface area contributed by atoms with Gasteiger partial charge in [0, 0.05) is 31.7 Å². The minimum atomic E-state index is -0.821. The number of nitrogens with one attached hydrogen (secondary N) is 1. The molecular formula is C12H17Cl2F3N2. The number of benzene rings is 1. The summed E-state index contributed by atoms with van der Waals surface area (Å²) in [5, 5.41) is 3.12. The Hall–Kier alpha value is -0.490. The Bertz CT molecular complexity index is 367. The van der Waals surface area contributed by atoms with Gasteiger partial charge in [-0.15, -0.1) is 24.8 Å². The summed E-state index contributed by atoms with van der Waals surface area (Å²) in [6, 6.07) is 2.81. The van der Waals surface area contributed by atoms with Crippen LogP contribution in [-0.2, 0) is 0 Å². The van der Waals surface area contributed by atoms with Gasteiger partial charge in [0.1, 0.15) is 18.3 Å². The largest absolute Gasteiger partial charge is 0.314 e. The highest BCUT2D eigenvalue weighted by atomic mass is 35.5. The van der Waals surface area contributed by atoms with Gasteiger partial charge in [-0.3, -0.25) is 4.90 Å². The van der Waals surface area contributed by atoms with E-state index in [1.165, 1.54) is 18.2 Å². The number of piperazine rings is 1. The van der Waals surface area contributed by atoms with Crippen molar-refractivity contribution in [3.63, 3.8) is 0 Å². The highest BCUT2D eigenvalue weighted by Gasteiger charge is 2.27. The molecule has 0 aromatic heterocycles. The van der Waals surface area contributed by atoms with Crippen LogP contribution in [0.5, 0.6) is 0 Å². The van der Waals surface area contributed by atoms with Crippen molar-refractivity contribution in [3.8, 4) is 0 Å². The Balaban J connectivity index is 0.00000162. The van der Waals surface area contributed by atoms with E-state index in [1.807, 2.05) is 0 Å². The van der Waals surface area contributed by atoms with Crippen molar-refractivity contribution < 1.29 is 13.2 Å². The first-order valence-corrected chi connectivity index (χ1v) is 5.68. The number of halogens is 5. The molecule has 1 heterocycles. The first kappa shape index (κ1) is 18.5. The van der Waals surface area contributed by atoms with Gasteiger partial charge in [0.25, 0.3) is 0 Å². The van der Waals surface area contributed by atoms with Crippen LogP contribution in [0.1, 0.15) is 11.6 Å². The summed E-state index contributed by atoms with van der Waals surface area (Å²) < 4.78 is 40.3. The second kappa shape index (κ2) is 8.64. The van der Waals surface area contributed by atoms with E-state index < -0.39 is 24.4 Å². The fraction of sp³-hybridized carbons (Fsp3) is 0.500. The van der Waals surface area contributed by atoms with Crippen LogP contribution in [0, 0.1) is 11.6 Å². The summed E-state index contributed by atoms with van der Waals surface area (Å²) in [5.41, 5.74) is -0.156. The normalized spacial score (nSPS) is 17.2. The molecule has 2 rings (SSSR count). The number of hydrogen-bond acceptors (Lipinski definition) is 2. The summed E-state index contributed by atoms with van der Waals surface area (Å²) in [7, 11) is 0. The second-order valence-corrected chi connectivity index (χ2v) is 4.09. The molecule has 1 N–H and O–H groups in total. The summed E-state index contributed by atoms with van der Waals surface area (Å²) in [4.78, 5) is 1.78. The van der Waals surface area contributed by atoms with Crippen LogP contribution in [0.4, 0.5) is 13.2 Å². The molecule has 0 radical (unpaired) electrons. The first-order valence-electron chi connectivity index (χ1n) is 5.68. The Morgan fingerprint density at radius 3 is 2.11 bits per heavy atom. The summed E-state index contributed by atoms with van der Waals surface area (Å²) in [6.45, 7) is 1.85. The SMILES string of the molecule is Cl.Cl.FC[C@H](c1c(F)cccc1F)N1CCNCC1. The lowest BCUT2D eigenvalue weighted by Gasteiger charge is -2.33. The average molecular weight is 317 g/mol. The Morgan fingerprint density at radius 1 is 1.11 bits per heavy atom. The second-order valence-electron chi connectivity index (χ2n) is 4.09. The molecule has 0 spiro atoms. The number of alkyl halides is 1. The van der Waals surface area contributed by atoms with Gasteiger partial charge in [-0.2, -0.15) is 0 Å². The molecule has 0 bridgehead atoms. The van der Waals surface area contributed by atoms with E-state index in [0.29, 0.717) is 26.2 Å². The summed E-state index contributed by atoms with van der Waals surface area (Å²) in [5.74, 6) is -1.35. The van der Waals surface area contributed by atoms with Gasteiger partial charge >= 0.3 is 0 Å². The number of nitrogens with zero attached hydrogens (tertiary/aromatic N) is 1. The molecule has 0 unspecified atom stereocenters. The van der Waals surface area contributed by atoms with Crippen LogP contribution in [0.25, 0.3) is 0 Å². The Morgan fingerprint density at radius 2 is 1.63 bits per heavy atom. The van der Waals surface area contributed by atoms with Crippen molar-refractivity contribution in [3.05, 3.63) is 35.4 Å². The van der Waals surface area contributed by atoms with E-state index in [0.717, 1.165) is 0 Å². The monoisotopic (exact) mass is 316 g/mol. The van der Waals surface area contributed by atoms with Gasteiger partial charge in [0.15, 0.2) is 0 Å². The molecule has 1 aromatic rings. The van der Waals surface area contributed by atoms with Gasteiger partial charge in [0.2, 0.25) is 0 Å². The van der Waals surface area contributed by atoms with E-state index in [4.69, 9.17) is 0 Å². The number of rotatable bonds is 3. The van der Waals surface area contributed by atoms with Gasteiger partial charge in [-0.05, 0) is 12.1 Å². The van der Waals surface area contributed by atoms with E-state index >= 15 is 0 Å². The van der Waals surface area contributed by atoms with Crippen LogP contribution >= 0.6 is 24.8 Å². The van der Waals surface area contributed by atoms with Crippen LogP contribution in [0.2, 0.25) is 0 Å². The minimum Gasteiger partial charge on any atom is -0.314 e. The molecular weight excluding hydrogens is 300 g/mol. The molecule has 2 nitrogen and oxygen atoms in total. The fourth-order valence-corrected chi connectivity index (χ4v) is 2.18. The van der Waals surface area contributed by atoms with Gasteiger partial charge in [0.05, 0.1) is 6.04 Å². The molecule has 19 heavy (non-hydrogen) atoms. The molecule has 7 heteroatoms. The lowest BCUT2D eigenvalue weighted by Crippen LogP contribution is -2.46. The topological polar surface area (TPSA) is 15.3 Å². The van der Waals surface area contributed by atoms with Crippen molar-refractivity contribution in [2.24, 2.45) is 0 Å². The molecule has 0 amide bonds. The minimum absolute atomic E-state index is 0. The van der Waals surface area contributed by atoms with E-state index in [2.05, 4.69) is 5.32 Å². The third-order valence-corrected chi connectivity index (χ3v) is 3.07. The zero-order valence-corrected chi connectivity index (χ0v) is 11.9. The van der Waals surface area contributed by atoms with Crippen LogP contribution in [0.15, 0.2) is 18.2 Å². The maximum Gasteiger partial charge on any atom is 0.131 e. The third kappa shape index (κ3) is 4.24. The van der Waals surface area contributed by atoms with Gasteiger partial charge in [-0.25, -0.2) is 13.2 Å². The lowest BCUT2D eigenvalue weighted by molar-refractivity contribution is 0.141. The van der Waals surface area contributed by atoms with Crippen LogP contribution in [0.3, 0.4) is 0 Å². The van der Waals surface area contributed by atoms with Crippen LogP contribution in [-0.4, -0.2) is 37.8 Å². The van der Waals surface area contributed by atoms with Gasteiger partial charge in [-0.1, -0.05) is 6.07 Å².